The molecule has 1 heterocycles. The average molecular weight is 370 g/mol. The molecule has 0 atom stereocenters. The van der Waals surface area contributed by atoms with Crippen molar-refractivity contribution in [1.29, 1.82) is 0 Å². The molecular weight excluding hydrogens is 354 g/mol. The van der Waals surface area contributed by atoms with Crippen LogP contribution >= 0.6 is 15.9 Å². The predicted molar refractivity (Wildman–Crippen MR) is 95.6 cm³/mol. The van der Waals surface area contributed by atoms with Crippen molar-refractivity contribution in [2.45, 2.75) is 13.8 Å². The Balaban J connectivity index is 1.78. The van der Waals surface area contributed by atoms with E-state index >= 15 is 0 Å². The Labute approximate surface area is 143 Å². The van der Waals surface area contributed by atoms with Crippen molar-refractivity contribution in [2.75, 3.05) is 5.32 Å². The summed E-state index contributed by atoms with van der Waals surface area (Å²) >= 11 is 3.40. The molecular formula is C18H16BrN3O. The molecule has 116 valence electrons. The number of halogens is 1. The lowest BCUT2D eigenvalue weighted by Crippen LogP contribution is -2.12. The Hall–Kier alpha value is -2.40. The van der Waals surface area contributed by atoms with Gasteiger partial charge in [-0.1, -0.05) is 34.1 Å². The van der Waals surface area contributed by atoms with Crippen molar-refractivity contribution >= 4 is 27.5 Å². The fourth-order valence-corrected chi connectivity index (χ4v) is 2.49. The van der Waals surface area contributed by atoms with Crippen LogP contribution in [-0.2, 0) is 0 Å². The normalized spacial score (nSPS) is 10.6. The molecule has 0 spiro atoms. The van der Waals surface area contributed by atoms with Crippen molar-refractivity contribution < 1.29 is 4.79 Å². The number of nitrogens with zero attached hydrogens (tertiary/aromatic N) is 1. The standard InChI is InChI=1S/C18H16BrN3O/c1-11-3-8-15(9-12(11)2)20-18(23)17-10-16(21-22-17)13-4-6-14(19)7-5-13/h3-10H,1-2H3,(H,20,23)(H,21,22). The Kier molecular flexibility index (Phi) is 4.30. The number of aromatic nitrogens is 2. The number of hydrogen-bond donors (Lipinski definition) is 2. The molecule has 0 bridgehead atoms. The van der Waals surface area contributed by atoms with Gasteiger partial charge in [0.05, 0.1) is 5.69 Å². The van der Waals surface area contributed by atoms with Crippen molar-refractivity contribution in [2.24, 2.45) is 0 Å². The van der Waals surface area contributed by atoms with E-state index < -0.39 is 0 Å². The van der Waals surface area contributed by atoms with Gasteiger partial charge in [0.25, 0.3) is 5.91 Å². The first-order chi connectivity index (χ1) is 11.0. The molecule has 1 amide bonds. The molecule has 1 aromatic heterocycles. The van der Waals surface area contributed by atoms with Crippen molar-refractivity contribution in [3.05, 3.63) is 69.8 Å². The summed E-state index contributed by atoms with van der Waals surface area (Å²) in [6, 6.07) is 15.4. The number of aromatic amines is 1. The van der Waals surface area contributed by atoms with Crippen LogP contribution in [0.25, 0.3) is 11.3 Å². The molecule has 3 aromatic rings. The van der Waals surface area contributed by atoms with Crippen LogP contribution < -0.4 is 5.32 Å². The lowest BCUT2D eigenvalue weighted by Gasteiger charge is -2.06. The van der Waals surface area contributed by atoms with Crippen LogP contribution in [0, 0.1) is 13.8 Å². The number of hydrogen-bond acceptors (Lipinski definition) is 2. The maximum absolute atomic E-state index is 12.3. The molecule has 2 N–H and O–H groups in total. The first-order valence-corrected chi connectivity index (χ1v) is 8.02. The second kappa shape index (κ2) is 6.38. The summed E-state index contributed by atoms with van der Waals surface area (Å²) in [5, 5.41) is 9.88. The minimum atomic E-state index is -0.205. The van der Waals surface area contributed by atoms with Gasteiger partial charge in [-0.2, -0.15) is 5.10 Å². The fourth-order valence-electron chi connectivity index (χ4n) is 2.22. The highest BCUT2D eigenvalue weighted by Crippen LogP contribution is 2.21. The molecule has 0 fully saturated rings. The largest absolute Gasteiger partial charge is 0.321 e. The smallest absolute Gasteiger partial charge is 0.273 e. The lowest BCUT2D eigenvalue weighted by molar-refractivity contribution is 0.102. The summed E-state index contributed by atoms with van der Waals surface area (Å²) in [6.45, 7) is 4.06. The van der Waals surface area contributed by atoms with Gasteiger partial charge in [-0.25, -0.2) is 0 Å². The van der Waals surface area contributed by atoms with Gasteiger partial charge in [-0.05, 0) is 55.3 Å². The highest BCUT2D eigenvalue weighted by molar-refractivity contribution is 9.10. The number of amides is 1. The fraction of sp³-hybridized carbons (Fsp3) is 0.111. The number of H-pyrrole nitrogens is 1. The number of carbonyl (C=O) groups is 1. The number of nitrogens with one attached hydrogen (secondary N) is 2. The SMILES string of the molecule is Cc1ccc(NC(=O)c2cc(-c3ccc(Br)cc3)n[nH]2)cc1C. The monoisotopic (exact) mass is 369 g/mol. The van der Waals surface area contributed by atoms with Crippen molar-refractivity contribution in [3.8, 4) is 11.3 Å². The van der Waals surface area contributed by atoms with Gasteiger partial charge in [-0.3, -0.25) is 9.89 Å². The number of benzene rings is 2. The molecule has 5 heteroatoms. The second-order valence-electron chi connectivity index (χ2n) is 5.43. The summed E-state index contributed by atoms with van der Waals surface area (Å²) in [5.41, 5.74) is 5.24. The van der Waals surface area contributed by atoms with Gasteiger partial charge in [0, 0.05) is 15.7 Å². The molecule has 23 heavy (non-hydrogen) atoms. The van der Waals surface area contributed by atoms with E-state index in [9.17, 15) is 4.79 Å². The minimum Gasteiger partial charge on any atom is -0.321 e. The third-order valence-electron chi connectivity index (χ3n) is 3.73. The Morgan fingerprint density at radius 3 is 2.48 bits per heavy atom. The first-order valence-electron chi connectivity index (χ1n) is 7.23. The zero-order chi connectivity index (χ0) is 16.4. The predicted octanol–water partition coefficient (Wildman–Crippen LogP) is 4.71. The molecule has 0 saturated heterocycles. The molecule has 2 aromatic carbocycles. The molecule has 0 aliphatic carbocycles. The maximum atomic E-state index is 12.3. The van der Waals surface area contributed by atoms with Crippen LogP contribution in [0.15, 0.2) is 53.0 Å². The van der Waals surface area contributed by atoms with E-state index in [0.29, 0.717) is 5.69 Å². The van der Waals surface area contributed by atoms with Crippen LogP contribution in [0.4, 0.5) is 5.69 Å². The number of rotatable bonds is 3. The Morgan fingerprint density at radius 1 is 1.04 bits per heavy atom. The third-order valence-corrected chi connectivity index (χ3v) is 4.26. The van der Waals surface area contributed by atoms with E-state index in [-0.39, 0.29) is 5.91 Å². The topological polar surface area (TPSA) is 57.8 Å². The average Bonchev–Trinajstić information content (AvgIpc) is 3.02. The van der Waals surface area contributed by atoms with Gasteiger partial charge in [0.15, 0.2) is 0 Å². The zero-order valence-corrected chi connectivity index (χ0v) is 14.4. The number of carbonyl (C=O) groups excluding carboxylic acids is 1. The van der Waals surface area contributed by atoms with Crippen molar-refractivity contribution in [3.63, 3.8) is 0 Å². The van der Waals surface area contributed by atoms with E-state index in [1.54, 1.807) is 6.07 Å². The number of anilines is 1. The van der Waals surface area contributed by atoms with Gasteiger partial charge < -0.3 is 5.32 Å². The van der Waals surface area contributed by atoms with Gasteiger partial charge >= 0.3 is 0 Å². The second-order valence-corrected chi connectivity index (χ2v) is 6.34. The summed E-state index contributed by atoms with van der Waals surface area (Å²) in [5.74, 6) is -0.205. The van der Waals surface area contributed by atoms with E-state index in [2.05, 4.69) is 31.4 Å². The highest BCUT2D eigenvalue weighted by atomic mass is 79.9. The van der Waals surface area contributed by atoms with Crippen LogP contribution in [0.5, 0.6) is 0 Å². The molecule has 0 aliphatic heterocycles. The van der Waals surface area contributed by atoms with E-state index in [1.807, 2.05) is 56.3 Å². The van der Waals surface area contributed by atoms with E-state index in [1.165, 1.54) is 5.56 Å². The molecule has 0 saturated carbocycles. The third kappa shape index (κ3) is 3.51. The molecule has 3 rings (SSSR count). The summed E-state index contributed by atoms with van der Waals surface area (Å²) in [4.78, 5) is 12.3. The molecule has 0 aliphatic rings. The van der Waals surface area contributed by atoms with Crippen LogP contribution in [0.2, 0.25) is 0 Å². The Morgan fingerprint density at radius 2 is 1.78 bits per heavy atom. The Bertz CT molecular complexity index is 853. The van der Waals surface area contributed by atoms with Gasteiger partial charge in [0.2, 0.25) is 0 Å². The van der Waals surface area contributed by atoms with Crippen LogP contribution in [0.3, 0.4) is 0 Å². The molecule has 4 nitrogen and oxygen atoms in total. The highest BCUT2D eigenvalue weighted by Gasteiger charge is 2.11. The van der Waals surface area contributed by atoms with E-state index in [4.69, 9.17) is 0 Å². The first kappa shape index (κ1) is 15.5. The maximum Gasteiger partial charge on any atom is 0.273 e. The zero-order valence-electron chi connectivity index (χ0n) is 12.9. The summed E-state index contributed by atoms with van der Waals surface area (Å²) in [7, 11) is 0. The molecule has 0 unspecified atom stereocenters. The quantitative estimate of drug-likeness (QED) is 0.702. The molecule has 0 radical (unpaired) electrons. The summed E-state index contributed by atoms with van der Waals surface area (Å²) < 4.78 is 1.00. The van der Waals surface area contributed by atoms with Gasteiger partial charge in [0.1, 0.15) is 5.69 Å². The van der Waals surface area contributed by atoms with Crippen LogP contribution in [-0.4, -0.2) is 16.1 Å². The minimum absolute atomic E-state index is 0.205. The summed E-state index contributed by atoms with van der Waals surface area (Å²) in [6.07, 6.45) is 0. The van der Waals surface area contributed by atoms with E-state index in [0.717, 1.165) is 27.0 Å². The lowest BCUT2D eigenvalue weighted by atomic mass is 10.1. The number of aryl methyl sites for hydroxylation is 2. The van der Waals surface area contributed by atoms with Crippen molar-refractivity contribution in [1.82, 2.24) is 10.2 Å². The van der Waals surface area contributed by atoms with Gasteiger partial charge in [-0.15, -0.1) is 0 Å². The van der Waals surface area contributed by atoms with Crippen LogP contribution in [0.1, 0.15) is 21.6 Å².